The molecule has 12 heavy (non-hydrogen) atoms. The van der Waals surface area contributed by atoms with E-state index in [9.17, 15) is 9.59 Å². The van der Waals surface area contributed by atoms with Crippen LogP contribution in [-0.2, 0) is 9.59 Å². The quantitative estimate of drug-likeness (QED) is 0.522. The summed E-state index contributed by atoms with van der Waals surface area (Å²) >= 11 is 0. The maximum Gasteiger partial charge on any atom is 0.338 e. The minimum atomic E-state index is -1.24. The van der Waals surface area contributed by atoms with Gasteiger partial charge in [0, 0.05) is 12.7 Å². The number of nitrogens with one attached hydrogen (secondary N) is 1. The Labute approximate surface area is 68.0 Å². The summed E-state index contributed by atoms with van der Waals surface area (Å²) in [5.41, 5.74) is -0.380. The Morgan fingerprint density at radius 3 is 2.25 bits per heavy atom. The lowest BCUT2D eigenvalue weighted by Gasteiger charge is -2.09. The van der Waals surface area contributed by atoms with Gasteiger partial charge in [0.05, 0.1) is 11.1 Å². The van der Waals surface area contributed by atoms with E-state index in [1.165, 1.54) is 12.3 Å². The normalized spacial score (nSPS) is 15.7. The van der Waals surface area contributed by atoms with E-state index in [0.717, 1.165) is 0 Å². The molecule has 1 rings (SSSR count). The smallest absolute Gasteiger partial charge is 0.338 e. The van der Waals surface area contributed by atoms with E-state index in [-0.39, 0.29) is 11.1 Å². The molecule has 0 saturated heterocycles. The van der Waals surface area contributed by atoms with Crippen LogP contribution in [0.15, 0.2) is 23.4 Å². The minimum Gasteiger partial charge on any atom is -0.478 e. The number of carbonyl (C=O) groups is 2. The number of hydrogen-bond acceptors (Lipinski definition) is 3. The van der Waals surface area contributed by atoms with Gasteiger partial charge in [0.15, 0.2) is 0 Å². The van der Waals surface area contributed by atoms with Crippen molar-refractivity contribution >= 4 is 11.9 Å². The van der Waals surface area contributed by atoms with Gasteiger partial charge >= 0.3 is 11.9 Å². The van der Waals surface area contributed by atoms with Crippen molar-refractivity contribution in [2.24, 2.45) is 0 Å². The monoisotopic (exact) mass is 169 g/mol. The fourth-order valence-corrected chi connectivity index (χ4v) is 0.889. The molecule has 5 heteroatoms. The third kappa shape index (κ3) is 1.45. The van der Waals surface area contributed by atoms with Gasteiger partial charge in [0.1, 0.15) is 0 Å². The van der Waals surface area contributed by atoms with Gasteiger partial charge in [-0.15, -0.1) is 0 Å². The average Bonchev–Trinajstić information content (AvgIpc) is 2.04. The molecule has 0 fully saturated rings. The molecule has 0 aromatic rings. The molecule has 0 unspecified atom stereocenters. The minimum absolute atomic E-state index is 0.166. The van der Waals surface area contributed by atoms with E-state index in [1.54, 1.807) is 0 Å². The number of carboxylic acids is 2. The lowest BCUT2D eigenvalue weighted by molar-refractivity contribution is -0.136. The largest absolute Gasteiger partial charge is 0.478 e. The number of hydrogen-bond donors (Lipinski definition) is 3. The molecule has 0 bridgehead atoms. The number of aliphatic carboxylic acids is 2. The second kappa shape index (κ2) is 3.08. The molecule has 0 aromatic heterocycles. The van der Waals surface area contributed by atoms with Gasteiger partial charge in [0.25, 0.3) is 0 Å². The van der Waals surface area contributed by atoms with E-state index < -0.39 is 11.9 Å². The van der Waals surface area contributed by atoms with Crippen molar-refractivity contribution in [1.82, 2.24) is 5.32 Å². The summed E-state index contributed by atoms with van der Waals surface area (Å²) in [6.45, 7) is 0.346. The molecule has 1 aliphatic heterocycles. The summed E-state index contributed by atoms with van der Waals surface area (Å²) in [6, 6.07) is 0. The number of rotatable bonds is 2. The van der Waals surface area contributed by atoms with Gasteiger partial charge in [-0.3, -0.25) is 0 Å². The summed E-state index contributed by atoms with van der Waals surface area (Å²) in [7, 11) is 0. The molecule has 0 aromatic carbocycles. The highest BCUT2D eigenvalue weighted by atomic mass is 16.4. The van der Waals surface area contributed by atoms with Gasteiger partial charge in [-0.2, -0.15) is 0 Å². The second-order valence-electron chi connectivity index (χ2n) is 2.19. The zero-order chi connectivity index (χ0) is 9.14. The molecule has 0 amide bonds. The molecule has 1 heterocycles. The maximum absolute atomic E-state index is 10.5. The van der Waals surface area contributed by atoms with E-state index in [0.29, 0.717) is 6.54 Å². The van der Waals surface area contributed by atoms with Crippen LogP contribution in [0.3, 0.4) is 0 Å². The maximum atomic E-state index is 10.5. The SMILES string of the molecule is O=C(O)C1=CCNC=C1C(=O)O. The zero-order valence-electron chi connectivity index (χ0n) is 6.07. The Bertz CT molecular complexity index is 260. The van der Waals surface area contributed by atoms with Crippen molar-refractivity contribution < 1.29 is 19.8 Å². The van der Waals surface area contributed by atoms with Crippen LogP contribution in [0.4, 0.5) is 0 Å². The summed E-state index contributed by atoms with van der Waals surface area (Å²) in [5.74, 6) is -2.46. The average molecular weight is 169 g/mol. The van der Waals surface area contributed by atoms with Gasteiger partial charge in [0.2, 0.25) is 0 Å². The Hall–Kier alpha value is -1.78. The van der Waals surface area contributed by atoms with Gasteiger partial charge in [-0.1, -0.05) is 6.08 Å². The first-order valence-corrected chi connectivity index (χ1v) is 3.23. The van der Waals surface area contributed by atoms with Crippen molar-refractivity contribution in [2.75, 3.05) is 6.54 Å². The van der Waals surface area contributed by atoms with Crippen LogP contribution in [0.2, 0.25) is 0 Å². The molecular weight excluding hydrogens is 162 g/mol. The van der Waals surface area contributed by atoms with Crippen LogP contribution in [-0.4, -0.2) is 28.7 Å². The predicted molar refractivity (Wildman–Crippen MR) is 39.4 cm³/mol. The van der Waals surface area contributed by atoms with Gasteiger partial charge < -0.3 is 15.5 Å². The molecular formula is C7H7NO4. The first-order chi connectivity index (χ1) is 5.63. The molecule has 0 spiro atoms. The van der Waals surface area contributed by atoms with Crippen LogP contribution in [0.1, 0.15) is 0 Å². The Kier molecular flexibility index (Phi) is 2.14. The Morgan fingerprint density at radius 2 is 1.83 bits per heavy atom. The second-order valence-corrected chi connectivity index (χ2v) is 2.19. The van der Waals surface area contributed by atoms with Crippen molar-refractivity contribution in [3.63, 3.8) is 0 Å². The van der Waals surface area contributed by atoms with Crippen molar-refractivity contribution in [1.29, 1.82) is 0 Å². The molecule has 3 N–H and O–H groups in total. The van der Waals surface area contributed by atoms with Crippen LogP contribution in [0, 0.1) is 0 Å². The Balaban J connectivity index is 2.98. The summed E-state index contributed by atoms with van der Waals surface area (Å²) in [6.07, 6.45) is 2.51. The zero-order valence-corrected chi connectivity index (χ0v) is 6.07. The summed E-state index contributed by atoms with van der Waals surface area (Å²) in [4.78, 5) is 20.9. The molecule has 0 saturated carbocycles. The highest BCUT2D eigenvalue weighted by molar-refractivity contribution is 6.05. The molecule has 64 valence electrons. The molecule has 0 aliphatic carbocycles. The predicted octanol–water partition coefficient (Wildman–Crippen LogP) is -0.431. The highest BCUT2D eigenvalue weighted by Gasteiger charge is 2.20. The molecule has 1 aliphatic rings. The first-order valence-electron chi connectivity index (χ1n) is 3.23. The Morgan fingerprint density at radius 1 is 1.25 bits per heavy atom. The lowest BCUT2D eigenvalue weighted by Crippen LogP contribution is -2.21. The van der Waals surface area contributed by atoms with E-state index in [4.69, 9.17) is 10.2 Å². The summed E-state index contributed by atoms with van der Waals surface area (Å²) in [5, 5.41) is 19.7. The van der Waals surface area contributed by atoms with Crippen molar-refractivity contribution in [2.45, 2.75) is 0 Å². The summed E-state index contributed by atoms with van der Waals surface area (Å²) < 4.78 is 0. The third-order valence-electron chi connectivity index (χ3n) is 1.42. The van der Waals surface area contributed by atoms with Crippen molar-refractivity contribution in [3.8, 4) is 0 Å². The number of carboxylic acid groups (broad SMARTS) is 2. The van der Waals surface area contributed by atoms with Crippen LogP contribution < -0.4 is 5.32 Å². The van der Waals surface area contributed by atoms with E-state index in [2.05, 4.69) is 5.32 Å². The van der Waals surface area contributed by atoms with E-state index >= 15 is 0 Å². The molecule has 0 atom stereocenters. The van der Waals surface area contributed by atoms with Crippen LogP contribution in [0.5, 0.6) is 0 Å². The molecule has 5 nitrogen and oxygen atoms in total. The van der Waals surface area contributed by atoms with E-state index in [1.807, 2.05) is 0 Å². The van der Waals surface area contributed by atoms with Gasteiger partial charge in [-0.05, 0) is 0 Å². The molecule has 0 radical (unpaired) electrons. The highest BCUT2D eigenvalue weighted by Crippen LogP contribution is 2.12. The van der Waals surface area contributed by atoms with Gasteiger partial charge in [-0.25, -0.2) is 9.59 Å². The fraction of sp³-hybridized carbons (Fsp3) is 0.143. The van der Waals surface area contributed by atoms with Crippen LogP contribution in [0.25, 0.3) is 0 Å². The standard InChI is InChI=1S/C7H7NO4/c9-6(10)4-1-2-8-3-5(4)7(11)12/h1,3,8H,2H2,(H,9,10)(H,11,12). The fourth-order valence-electron chi connectivity index (χ4n) is 0.889. The third-order valence-corrected chi connectivity index (χ3v) is 1.42. The topological polar surface area (TPSA) is 86.6 Å². The number of dihydropyridines is 1. The first kappa shape index (κ1) is 8.32. The lowest BCUT2D eigenvalue weighted by atomic mass is 10.1. The van der Waals surface area contributed by atoms with Crippen LogP contribution >= 0.6 is 0 Å². The van der Waals surface area contributed by atoms with Crippen molar-refractivity contribution in [3.05, 3.63) is 23.4 Å².